The summed E-state index contributed by atoms with van der Waals surface area (Å²) in [6.07, 6.45) is 1.50. The molecule has 3 rings (SSSR count). The van der Waals surface area contributed by atoms with E-state index in [1.807, 2.05) is 24.3 Å². The van der Waals surface area contributed by atoms with Crippen LogP contribution in [0.3, 0.4) is 0 Å². The Kier molecular flexibility index (Phi) is 4.80. The second-order valence-electron chi connectivity index (χ2n) is 6.10. The molecule has 1 fully saturated rings. The number of amides is 1. The van der Waals surface area contributed by atoms with Crippen LogP contribution in [0.2, 0.25) is 0 Å². The van der Waals surface area contributed by atoms with Gasteiger partial charge in [0.25, 0.3) is 0 Å². The van der Waals surface area contributed by atoms with Gasteiger partial charge in [-0.15, -0.1) is 0 Å². The maximum Gasteiger partial charge on any atom is 0.227 e. The summed E-state index contributed by atoms with van der Waals surface area (Å²) in [6.45, 7) is 2.77. The molecule has 1 N–H and O–H groups in total. The average Bonchev–Trinajstić information content (AvgIpc) is 3.05. The smallest absolute Gasteiger partial charge is 0.227 e. The van der Waals surface area contributed by atoms with E-state index in [9.17, 15) is 9.59 Å². The predicted octanol–water partition coefficient (Wildman–Crippen LogP) is 3.50. The number of anilines is 2. The Hall–Kier alpha value is -3.13. The van der Waals surface area contributed by atoms with Crippen molar-refractivity contribution in [1.29, 1.82) is 5.26 Å². The molecule has 0 radical (unpaired) electrons. The Morgan fingerprint density at radius 2 is 2.12 bits per heavy atom. The summed E-state index contributed by atoms with van der Waals surface area (Å²) in [4.78, 5) is 25.5. The second kappa shape index (κ2) is 7.18. The molecule has 1 heterocycles. The molecule has 0 aromatic heterocycles. The summed E-state index contributed by atoms with van der Waals surface area (Å²) in [7, 11) is 0. The van der Waals surface area contributed by atoms with Gasteiger partial charge < -0.3 is 10.2 Å². The van der Waals surface area contributed by atoms with E-state index in [1.54, 1.807) is 23.1 Å². The van der Waals surface area contributed by atoms with Crippen molar-refractivity contribution in [3.63, 3.8) is 0 Å². The highest BCUT2D eigenvalue weighted by Gasteiger charge is 2.21. The van der Waals surface area contributed by atoms with E-state index in [0.29, 0.717) is 29.8 Å². The number of hydrogen-bond donors (Lipinski definition) is 1. The minimum Gasteiger partial charge on any atom is -0.380 e. The lowest BCUT2D eigenvalue weighted by molar-refractivity contribution is -0.117. The molecular weight excluding hydrogens is 314 g/mol. The number of carbonyl (C=O) groups is 2. The number of hydrogen-bond acceptors (Lipinski definition) is 4. The van der Waals surface area contributed by atoms with Crippen molar-refractivity contribution >= 4 is 23.1 Å². The largest absolute Gasteiger partial charge is 0.380 e. The van der Waals surface area contributed by atoms with E-state index in [0.717, 1.165) is 24.2 Å². The quantitative estimate of drug-likeness (QED) is 0.850. The average molecular weight is 333 g/mol. The first-order valence-corrected chi connectivity index (χ1v) is 8.27. The Balaban J connectivity index is 1.79. The summed E-state index contributed by atoms with van der Waals surface area (Å²) in [5.41, 5.74) is 3.62. The van der Waals surface area contributed by atoms with Gasteiger partial charge in [0.05, 0.1) is 11.6 Å². The van der Waals surface area contributed by atoms with Gasteiger partial charge in [0.2, 0.25) is 5.91 Å². The standard InChI is InChI=1S/C20H19N3O2/c1-14(24)18-8-7-15(12-21)11-19(18)22-13-16-4-2-5-17(10-16)23-9-3-6-20(23)25/h2,4-5,7-8,10-11,22H,3,6,9,13H2,1H3. The fourth-order valence-corrected chi connectivity index (χ4v) is 3.02. The van der Waals surface area contributed by atoms with Crippen molar-refractivity contribution in [2.45, 2.75) is 26.3 Å². The summed E-state index contributed by atoms with van der Waals surface area (Å²) in [5.74, 6) is 0.106. The van der Waals surface area contributed by atoms with Crippen LogP contribution >= 0.6 is 0 Å². The van der Waals surface area contributed by atoms with Crippen LogP contribution in [0.25, 0.3) is 0 Å². The maximum atomic E-state index is 11.9. The van der Waals surface area contributed by atoms with Crippen LogP contribution in [0.1, 0.15) is 41.3 Å². The molecule has 1 saturated heterocycles. The Morgan fingerprint density at radius 3 is 2.80 bits per heavy atom. The predicted molar refractivity (Wildman–Crippen MR) is 96.5 cm³/mol. The van der Waals surface area contributed by atoms with Crippen LogP contribution in [0.5, 0.6) is 0 Å². The highest BCUT2D eigenvalue weighted by molar-refractivity contribution is 5.99. The molecule has 1 aliphatic heterocycles. The molecule has 1 amide bonds. The molecule has 126 valence electrons. The molecular formula is C20H19N3O2. The van der Waals surface area contributed by atoms with Gasteiger partial charge in [-0.3, -0.25) is 9.59 Å². The lowest BCUT2D eigenvalue weighted by atomic mass is 10.1. The first kappa shape index (κ1) is 16.7. The lowest BCUT2D eigenvalue weighted by Crippen LogP contribution is -2.23. The van der Waals surface area contributed by atoms with Crippen LogP contribution in [0, 0.1) is 11.3 Å². The molecule has 2 aromatic carbocycles. The maximum absolute atomic E-state index is 11.9. The van der Waals surface area contributed by atoms with E-state index in [1.165, 1.54) is 6.92 Å². The zero-order valence-electron chi connectivity index (χ0n) is 14.1. The van der Waals surface area contributed by atoms with Gasteiger partial charge in [0, 0.05) is 36.4 Å². The minimum atomic E-state index is -0.0524. The third kappa shape index (κ3) is 3.69. The molecule has 0 saturated carbocycles. The minimum absolute atomic E-state index is 0.0524. The number of nitrogens with one attached hydrogen (secondary N) is 1. The molecule has 0 aliphatic carbocycles. The first-order valence-electron chi connectivity index (χ1n) is 8.27. The Morgan fingerprint density at radius 1 is 1.28 bits per heavy atom. The molecule has 0 unspecified atom stereocenters. The third-order valence-corrected chi connectivity index (χ3v) is 4.31. The van der Waals surface area contributed by atoms with Crippen molar-refractivity contribution in [1.82, 2.24) is 0 Å². The van der Waals surface area contributed by atoms with Gasteiger partial charge >= 0.3 is 0 Å². The fraction of sp³-hybridized carbons (Fsp3) is 0.250. The van der Waals surface area contributed by atoms with Gasteiger partial charge in [0.1, 0.15) is 0 Å². The van der Waals surface area contributed by atoms with Gasteiger partial charge in [-0.1, -0.05) is 12.1 Å². The number of nitrogens with zero attached hydrogens (tertiary/aromatic N) is 2. The molecule has 5 nitrogen and oxygen atoms in total. The molecule has 0 atom stereocenters. The van der Waals surface area contributed by atoms with E-state index in [2.05, 4.69) is 11.4 Å². The molecule has 0 bridgehead atoms. The van der Waals surface area contributed by atoms with Gasteiger partial charge in [0.15, 0.2) is 5.78 Å². The van der Waals surface area contributed by atoms with Gasteiger partial charge in [-0.25, -0.2) is 0 Å². The summed E-state index contributed by atoms with van der Waals surface area (Å²) in [6, 6.07) is 14.9. The number of ketones is 1. The normalized spacial score (nSPS) is 13.6. The molecule has 2 aromatic rings. The van der Waals surface area contributed by atoms with Gasteiger partial charge in [-0.2, -0.15) is 5.26 Å². The van der Waals surface area contributed by atoms with Gasteiger partial charge in [-0.05, 0) is 49.2 Å². The van der Waals surface area contributed by atoms with Crippen molar-refractivity contribution in [3.8, 4) is 6.07 Å². The molecule has 25 heavy (non-hydrogen) atoms. The lowest BCUT2D eigenvalue weighted by Gasteiger charge is -2.17. The second-order valence-corrected chi connectivity index (χ2v) is 6.10. The molecule has 5 heteroatoms. The van der Waals surface area contributed by atoms with Crippen LogP contribution in [-0.4, -0.2) is 18.2 Å². The Bertz CT molecular complexity index is 867. The summed E-state index contributed by atoms with van der Waals surface area (Å²) in [5, 5.41) is 12.3. The van der Waals surface area contributed by atoms with Crippen LogP contribution in [0.15, 0.2) is 42.5 Å². The van der Waals surface area contributed by atoms with Crippen LogP contribution in [-0.2, 0) is 11.3 Å². The van der Waals surface area contributed by atoms with Crippen LogP contribution < -0.4 is 10.2 Å². The van der Waals surface area contributed by atoms with Crippen LogP contribution in [0.4, 0.5) is 11.4 Å². The topological polar surface area (TPSA) is 73.2 Å². The van der Waals surface area contributed by atoms with E-state index in [4.69, 9.17) is 5.26 Å². The van der Waals surface area contributed by atoms with E-state index < -0.39 is 0 Å². The SMILES string of the molecule is CC(=O)c1ccc(C#N)cc1NCc1cccc(N2CCCC2=O)c1. The Labute approximate surface area is 146 Å². The number of Topliss-reactive ketones (excluding diaryl/α,β-unsaturated/α-hetero) is 1. The highest BCUT2D eigenvalue weighted by atomic mass is 16.2. The summed E-state index contributed by atoms with van der Waals surface area (Å²) >= 11 is 0. The van der Waals surface area contributed by atoms with E-state index in [-0.39, 0.29) is 11.7 Å². The zero-order chi connectivity index (χ0) is 17.8. The number of nitriles is 1. The van der Waals surface area contributed by atoms with E-state index >= 15 is 0 Å². The zero-order valence-corrected chi connectivity index (χ0v) is 14.1. The highest BCUT2D eigenvalue weighted by Crippen LogP contribution is 2.24. The van der Waals surface area contributed by atoms with Crippen molar-refractivity contribution in [2.75, 3.05) is 16.8 Å². The third-order valence-electron chi connectivity index (χ3n) is 4.31. The van der Waals surface area contributed by atoms with Crippen molar-refractivity contribution in [2.24, 2.45) is 0 Å². The fourth-order valence-electron chi connectivity index (χ4n) is 3.02. The monoisotopic (exact) mass is 333 g/mol. The number of carbonyl (C=O) groups excluding carboxylic acids is 2. The number of benzene rings is 2. The first-order chi connectivity index (χ1) is 12.1. The molecule has 0 spiro atoms. The molecule has 1 aliphatic rings. The summed E-state index contributed by atoms with van der Waals surface area (Å²) < 4.78 is 0. The number of rotatable bonds is 5. The van der Waals surface area contributed by atoms with Crippen molar-refractivity contribution in [3.05, 3.63) is 59.2 Å². The van der Waals surface area contributed by atoms with Crippen molar-refractivity contribution < 1.29 is 9.59 Å².